The summed E-state index contributed by atoms with van der Waals surface area (Å²) in [5.74, 6) is -1.79. The monoisotopic (exact) mass is 292 g/mol. The number of halogens is 1. The van der Waals surface area contributed by atoms with Crippen molar-refractivity contribution in [3.05, 3.63) is 47.8 Å². The van der Waals surface area contributed by atoms with Crippen molar-refractivity contribution in [2.75, 3.05) is 17.3 Å². The molecule has 20 heavy (non-hydrogen) atoms. The molecule has 0 spiro atoms. The van der Waals surface area contributed by atoms with Gasteiger partial charge in [0.1, 0.15) is 5.82 Å². The quantitative estimate of drug-likeness (QED) is 0.593. The van der Waals surface area contributed by atoms with Crippen LogP contribution in [0.5, 0.6) is 0 Å². The van der Waals surface area contributed by atoms with Gasteiger partial charge in [0.25, 0.3) is 0 Å². The number of hydrogen-bond donors (Lipinski definition) is 3. The molecule has 0 atom stereocenters. The Labute approximate surface area is 119 Å². The molecule has 0 aromatic heterocycles. The SMILES string of the molecule is CSc1ccccc1Nc1cc(C(=O)O)c(N)cc1F. The molecule has 104 valence electrons. The van der Waals surface area contributed by atoms with Crippen LogP contribution in [0.25, 0.3) is 0 Å². The van der Waals surface area contributed by atoms with Crippen LogP contribution in [-0.4, -0.2) is 17.3 Å². The van der Waals surface area contributed by atoms with Gasteiger partial charge in [0.2, 0.25) is 0 Å². The molecule has 6 heteroatoms. The van der Waals surface area contributed by atoms with Gasteiger partial charge >= 0.3 is 5.97 Å². The molecular formula is C14H13FN2O2S. The maximum absolute atomic E-state index is 13.9. The number of carboxylic acid groups (broad SMARTS) is 1. The van der Waals surface area contributed by atoms with Crippen LogP contribution in [0.1, 0.15) is 10.4 Å². The highest BCUT2D eigenvalue weighted by atomic mass is 32.2. The third kappa shape index (κ3) is 2.85. The van der Waals surface area contributed by atoms with E-state index in [0.717, 1.165) is 11.0 Å². The number of carboxylic acids is 1. The molecule has 2 rings (SSSR count). The fraction of sp³-hybridized carbons (Fsp3) is 0.0714. The van der Waals surface area contributed by atoms with Gasteiger partial charge in [-0.3, -0.25) is 0 Å². The molecule has 0 radical (unpaired) electrons. The molecule has 2 aromatic rings. The van der Waals surface area contributed by atoms with Crippen LogP contribution in [0.4, 0.5) is 21.5 Å². The Hall–Kier alpha value is -2.21. The maximum Gasteiger partial charge on any atom is 0.337 e. The molecule has 4 nitrogen and oxygen atoms in total. The normalized spacial score (nSPS) is 10.3. The van der Waals surface area contributed by atoms with Gasteiger partial charge in [-0.2, -0.15) is 0 Å². The van der Waals surface area contributed by atoms with Crippen LogP contribution >= 0.6 is 11.8 Å². The largest absolute Gasteiger partial charge is 0.478 e. The van der Waals surface area contributed by atoms with Gasteiger partial charge < -0.3 is 16.2 Å². The minimum absolute atomic E-state index is 0.0816. The van der Waals surface area contributed by atoms with E-state index in [1.54, 1.807) is 6.07 Å². The average Bonchev–Trinajstić information content (AvgIpc) is 2.42. The highest BCUT2D eigenvalue weighted by Crippen LogP contribution is 2.30. The number of aromatic carboxylic acids is 1. The summed E-state index contributed by atoms with van der Waals surface area (Å²) in [4.78, 5) is 12.0. The first kappa shape index (κ1) is 14.2. The molecule has 0 bridgehead atoms. The molecule has 0 fully saturated rings. The number of rotatable bonds is 4. The summed E-state index contributed by atoms with van der Waals surface area (Å²) in [7, 11) is 0. The predicted octanol–water partition coefficient (Wildman–Crippen LogP) is 3.57. The first-order chi connectivity index (χ1) is 9.52. The van der Waals surface area contributed by atoms with Gasteiger partial charge in [-0.1, -0.05) is 12.1 Å². The minimum Gasteiger partial charge on any atom is -0.478 e. The predicted molar refractivity (Wildman–Crippen MR) is 79.3 cm³/mol. The van der Waals surface area contributed by atoms with E-state index in [4.69, 9.17) is 10.8 Å². The summed E-state index contributed by atoms with van der Waals surface area (Å²) >= 11 is 1.51. The van der Waals surface area contributed by atoms with Crippen molar-refractivity contribution < 1.29 is 14.3 Å². The Balaban J connectivity index is 2.43. The molecule has 0 saturated heterocycles. The summed E-state index contributed by atoms with van der Waals surface area (Å²) in [6.45, 7) is 0. The van der Waals surface area contributed by atoms with Crippen molar-refractivity contribution in [3.8, 4) is 0 Å². The summed E-state index contributed by atoms with van der Waals surface area (Å²) in [6, 6.07) is 9.58. The van der Waals surface area contributed by atoms with Crippen LogP contribution in [0.2, 0.25) is 0 Å². The first-order valence-corrected chi connectivity index (χ1v) is 6.97. The van der Waals surface area contributed by atoms with Crippen LogP contribution in [0.15, 0.2) is 41.3 Å². The van der Waals surface area contributed by atoms with E-state index in [-0.39, 0.29) is 16.9 Å². The molecular weight excluding hydrogens is 279 g/mol. The molecule has 0 aliphatic heterocycles. The number of hydrogen-bond acceptors (Lipinski definition) is 4. The third-order valence-corrected chi connectivity index (χ3v) is 3.54. The number of para-hydroxylation sites is 1. The number of thioether (sulfide) groups is 1. The van der Waals surface area contributed by atoms with E-state index in [1.807, 2.05) is 24.5 Å². The molecule has 0 saturated carbocycles. The number of anilines is 3. The van der Waals surface area contributed by atoms with Gasteiger partial charge in [-0.25, -0.2) is 9.18 Å². The first-order valence-electron chi connectivity index (χ1n) is 5.75. The molecule has 0 heterocycles. The Morgan fingerprint density at radius 3 is 2.65 bits per heavy atom. The molecule has 0 aliphatic rings. The van der Waals surface area contributed by atoms with Crippen LogP contribution in [-0.2, 0) is 0 Å². The highest BCUT2D eigenvalue weighted by Gasteiger charge is 2.14. The highest BCUT2D eigenvalue weighted by molar-refractivity contribution is 7.98. The second-order valence-corrected chi connectivity index (χ2v) is 4.90. The van der Waals surface area contributed by atoms with Gasteiger partial charge in [-0.05, 0) is 30.5 Å². The standard InChI is InChI=1S/C14H13FN2O2S/c1-20-13-5-3-2-4-11(13)17-12-6-8(14(18)19)10(16)7-9(12)15/h2-7,17H,16H2,1H3,(H,18,19). The minimum atomic E-state index is -1.19. The van der Waals surface area contributed by atoms with Gasteiger partial charge in [0, 0.05) is 10.6 Å². The number of nitrogens with two attached hydrogens (primary N) is 1. The summed E-state index contributed by atoms with van der Waals surface area (Å²) in [5, 5.41) is 11.9. The van der Waals surface area contributed by atoms with Crippen molar-refractivity contribution in [2.24, 2.45) is 0 Å². The zero-order valence-electron chi connectivity index (χ0n) is 10.7. The van der Waals surface area contributed by atoms with Gasteiger partial charge in [0.15, 0.2) is 0 Å². The second-order valence-electron chi connectivity index (χ2n) is 4.05. The lowest BCUT2D eigenvalue weighted by Gasteiger charge is -2.12. The molecule has 0 unspecified atom stereocenters. The Morgan fingerprint density at radius 2 is 2.00 bits per heavy atom. The van der Waals surface area contributed by atoms with E-state index in [1.165, 1.54) is 17.8 Å². The number of benzene rings is 2. The van der Waals surface area contributed by atoms with Crippen molar-refractivity contribution in [2.45, 2.75) is 4.90 Å². The summed E-state index contributed by atoms with van der Waals surface area (Å²) in [6.07, 6.45) is 1.91. The average molecular weight is 292 g/mol. The van der Waals surface area contributed by atoms with Gasteiger partial charge in [-0.15, -0.1) is 11.8 Å². The molecule has 0 amide bonds. The van der Waals surface area contributed by atoms with Crippen molar-refractivity contribution in [1.82, 2.24) is 0 Å². The second kappa shape index (κ2) is 5.83. The summed E-state index contributed by atoms with van der Waals surface area (Å²) in [5.41, 5.74) is 6.05. The van der Waals surface area contributed by atoms with Crippen LogP contribution in [0, 0.1) is 5.82 Å². The topological polar surface area (TPSA) is 75.3 Å². The van der Waals surface area contributed by atoms with Crippen molar-refractivity contribution in [1.29, 1.82) is 0 Å². The Morgan fingerprint density at radius 1 is 1.30 bits per heavy atom. The number of carbonyl (C=O) groups is 1. The van der Waals surface area contributed by atoms with E-state index in [0.29, 0.717) is 5.69 Å². The van der Waals surface area contributed by atoms with E-state index >= 15 is 0 Å². The van der Waals surface area contributed by atoms with Gasteiger partial charge in [0.05, 0.1) is 16.9 Å². The Bertz CT molecular complexity index is 662. The lowest BCUT2D eigenvalue weighted by Crippen LogP contribution is -2.05. The zero-order chi connectivity index (χ0) is 14.7. The van der Waals surface area contributed by atoms with Crippen LogP contribution < -0.4 is 11.1 Å². The molecule has 2 aromatic carbocycles. The Kier molecular flexibility index (Phi) is 4.14. The summed E-state index contributed by atoms with van der Waals surface area (Å²) < 4.78 is 13.9. The maximum atomic E-state index is 13.9. The van der Waals surface area contributed by atoms with E-state index in [2.05, 4.69) is 5.32 Å². The molecule has 4 N–H and O–H groups in total. The fourth-order valence-electron chi connectivity index (χ4n) is 1.76. The number of nitrogen functional groups attached to an aromatic ring is 1. The lowest BCUT2D eigenvalue weighted by atomic mass is 10.1. The number of nitrogens with one attached hydrogen (secondary N) is 1. The van der Waals surface area contributed by atoms with E-state index in [9.17, 15) is 9.18 Å². The lowest BCUT2D eigenvalue weighted by molar-refractivity contribution is 0.0698. The third-order valence-electron chi connectivity index (χ3n) is 2.75. The van der Waals surface area contributed by atoms with Crippen molar-refractivity contribution >= 4 is 34.8 Å². The fourth-order valence-corrected chi connectivity index (χ4v) is 2.32. The van der Waals surface area contributed by atoms with Crippen LogP contribution in [0.3, 0.4) is 0 Å². The smallest absolute Gasteiger partial charge is 0.337 e. The zero-order valence-corrected chi connectivity index (χ0v) is 11.5. The van der Waals surface area contributed by atoms with E-state index < -0.39 is 11.8 Å². The van der Waals surface area contributed by atoms with Crippen molar-refractivity contribution in [3.63, 3.8) is 0 Å². The molecule has 0 aliphatic carbocycles.